The molecule has 1 aliphatic rings. The van der Waals surface area contributed by atoms with Crippen LogP contribution >= 0.6 is 0 Å². The second kappa shape index (κ2) is 4.64. The zero-order valence-electron chi connectivity index (χ0n) is 12.8. The van der Waals surface area contributed by atoms with Crippen LogP contribution in [0.5, 0.6) is 0 Å². The standard InChI is InChI=1S/C17H15N7/c18-10-7-9-3-1-2-4-11(9)20-13(10)15-21-12(8-5-6-8)14-16(23-15)24-17(19)22-14/h1-4,7-8H,5-6,18H2,(H3,19,21,22,23,24). The Bertz CT molecular complexity index is 1090. The molecular weight excluding hydrogens is 302 g/mol. The molecule has 1 aliphatic carbocycles. The Morgan fingerprint density at radius 1 is 1.00 bits per heavy atom. The number of pyridine rings is 1. The minimum absolute atomic E-state index is 0.345. The van der Waals surface area contributed by atoms with Crippen LogP contribution < -0.4 is 11.5 Å². The van der Waals surface area contributed by atoms with Gasteiger partial charge in [0.15, 0.2) is 17.4 Å². The first-order valence-corrected chi connectivity index (χ1v) is 7.88. The van der Waals surface area contributed by atoms with E-state index >= 15 is 0 Å². The molecule has 1 fully saturated rings. The summed E-state index contributed by atoms with van der Waals surface area (Å²) in [6.45, 7) is 0. The molecule has 5 N–H and O–H groups in total. The van der Waals surface area contributed by atoms with Crippen LogP contribution in [0.15, 0.2) is 30.3 Å². The van der Waals surface area contributed by atoms with E-state index in [0.717, 1.165) is 35.0 Å². The van der Waals surface area contributed by atoms with Gasteiger partial charge in [0.1, 0.15) is 11.2 Å². The van der Waals surface area contributed by atoms with E-state index in [1.807, 2.05) is 30.3 Å². The van der Waals surface area contributed by atoms with Gasteiger partial charge >= 0.3 is 0 Å². The van der Waals surface area contributed by atoms with E-state index in [1.165, 1.54) is 0 Å². The highest BCUT2D eigenvalue weighted by Gasteiger charge is 2.29. The molecule has 7 heteroatoms. The quantitative estimate of drug-likeness (QED) is 0.523. The largest absolute Gasteiger partial charge is 0.397 e. The van der Waals surface area contributed by atoms with E-state index in [2.05, 4.69) is 19.9 Å². The number of aromatic amines is 1. The number of imidazole rings is 1. The van der Waals surface area contributed by atoms with E-state index in [1.54, 1.807) is 0 Å². The SMILES string of the molecule is Nc1nc2nc(-c3nc4ccccc4cc3N)nc(C3CC3)c2[nH]1. The molecule has 1 aromatic carbocycles. The van der Waals surface area contributed by atoms with Gasteiger partial charge in [-0.15, -0.1) is 0 Å². The first-order chi connectivity index (χ1) is 11.7. The molecule has 0 atom stereocenters. The van der Waals surface area contributed by atoms with Crippen LogP contribution in [0.1, 0.15) is 24.5 Å². The molecule has 4 aromatic rings. The third kappa shape index (κ3) is 1.98. The van der Waals surface area contributed by atoms with Gasteiger partial charge in [-0.05, 0) is 25.0 Å². The average molecular weight is 317 g/mol. The molecule has 0 unspecified atom stereocenters. The molecule has 0 aliphatic heterocycles. The lowest BCUT2D eigenvalue weighted by atomic mass is 10.1. The first kappa shape index (κ1) is 13.2. The number of hydrogen-bond acceptors (Lipinski definition) is 6. The molecule has 0 saturated heterocycles. The van der Waals surface area contributed by atoms with Crippen molar-refractivity contribution < 1.29 is 0 Å². The fourth-order valence-corrected chi connectivity index (χ4v) is 3.01. The number of nitrogens with one attached hydrogen (secondary N) is 1. The number of aromatic nitrogens is 5. The lowest BCUT2D eigenvalue weighted by Crippen LogP contribution is -2.01. The molecule has 0 radical (unpaired) electrons. The number of anilines is 2. The summed E-state index contributed by atoms with van der Waals surface area (Å²) in [6.07, 6.45) is 2.23. The van der Waals surface area contributed by atoms with E-state index in [0.29, 0.717) is 34.7 Å². The second-order valence-corrected chi connectivity index (χ2v) is 6.15. The van der Waals surface area contributed by atoms with Gasteiger partial charge in [0.25, 0.3) is 0 Å². The average Bonchev–Trinajstić information content (AvgIpc) is 3.34. The fraction of sp³-hybridized carbons (Fsp3) is 0.176. The van der Waals surface area contributed by atoms with E-state index in [4.69, 9.17) is 16.5 Å². The molecule has 24 heavy (non-hydrogen) atoms. The highest BCUT2D eigenvalue weighted by molar-refractivity contribution is 5.88. The number of nitrogen functional groups attached to an aromatic ring is 2. The summed E-state index contributed by atoms with van der Waals surface area (Å²) in [7, 11) is 0. The Hall–Kier alpha value is -3.22. The molecule has 0 bridgehead atoms. The van der Waals surface area contributed by atoms with Crippen LogP contribution in [0.25, 0.3) is 33.6 Å². The van der Waals surface area contributed by atoms with Crippen molar-refractivity contribution in [2.75, 3.05) is 11.5 Å². The molecular formula is C17H15N7. The molecule has 0 amide bonds. The van der Waals surface area contributed by atoms with E-state index < -0.39 is 0 Å². The number of fused-ring (bicyclic) bond motifs is 2. The maximum atomic E-state index is 6.21. The normalized spacial score (nSPS) is 14.5. The topological polar surface area (TPSA) is 119 Å². The summed E-state index contributed by atoms with van der Waals surface area (Å²) < 4.78 is 0. The lowest BCUT2D eigenvalue weighted by molar-refractivity contribution is 1.01. The van der Waals surface area contributed by atoms with Crippen molar-refractivity contribution >= 4 is 33.7 Å². The fourth-order valence-electron chi connectivity index (χ4n) is 3.01. The minimum Gasteiger partial charge on any atom is -0.397 e. The Balaban J connectivity index is 1.78. The maximum Gasteiger partial charge on any atom is 0.200 e. The molecule has 5 rings (SSSR count). The highest BCUT2D eigenvalue weighted by Crippen LogP contribution is 2.42. The van der Waals surface area contributed by atoms with E-state index in [-0.39, 0.29) is 0 Å². The smallest absolute Gasteiger partial charge is 0.200 e. The number of rotatable bonds is 2. The Labute approximate surface area is 137 Å². The lowest BCUT2D eigenvalue weighted by Gasteiger charge is -2.08. The first-order valence-electron chi connectivity index (χ1n) is 7.88. The van der Waals surface area contributed by atoms with Crippen molar-refractivity contribution in [3.05, 3.63) is 36.0 Å². The minimum atomic E-state index is 0.345. The zero-order chi connectivity index (χ0) is 16.3. The molecule has 3 aromatic heterocycles. The van der Waals surface area contributed by atoms with Crippen LogP contribution in [0.4, 0.5) is 11.6 Å². The molecule has 0 spiro atoms. The number of para-hydroxylation sites is 1. The van der Waals surface area contributed by atoms with Crippen molar-refractivity contribution in [2.24, 2.45) is 0 Å². The Kier molecular flexibility index (Phi) is 2.56. The summed E-state index contributed by atoms with van der Waals surface area (Å²) in [4.78, 5) is 21.2. The van der Waals surface area contributed by atoms with Crippen LogP contribution in [-0.4, -0.2) is 24.9 Å². The summed E-state index contributed by atoms with van der Waals surface area (Å²) in [6, 6.07) is 9.75. The van der Waals surface area contributed by atoms with Crippen molar-refractivity contribution in [3.63, 3.8) is 0 Å². The maximum absolute atomic E-state index is 6.21. The van der Waals surface area contributed by atoms with Crippen LogP contribution in [0, 0.1) is 0 Å². The van der Waals surface area contributed by atoms with E-state index in [9.17, 15) is 0 Å². The Morgan fingerprint density at radius 2 is 1.83 bits per heavy atom. The van der Waals surface area contributed by atoms with Crippen molar-refractivity contribution in [1.29, 1.82) is 0 Å². The summed E-state index contributed by atoms with van der Waals surface area (Å²) in [5.41, 5.74) is 16.3. The third-order valence-electron chi connectivity index (χ3n) is 4.33. The van der Waals surface area contributed by atoms with Crippen LogP contribution in [0.3, 0.4) is 0 Å². The molecule has 3 heterocycles. The zero-order valence-corrected chi connectivity index (χ0v) is 12.8. The number of nitrogens with zero attached hydrogens (tertiary/aromatic N) is 4. The predicted molar refractivity (Wildman–Crippen MR) is 93.2 cm³/mol. The van der Waals surface area contributed by atoms with Gasteiger partial charge in [0.2, 0.25) is 0 Å². The predicted octanol–water partition coefficient (Wildman–Crippen LogP) is 2.61. The summed E-state index contributed by atoms with van der Waals surface area (Å²) in [5, 5.41) is 0.992. The van der Waals surface area contributed by atoms with Gasteiger partial charge in [-0.3, -0.25) is 0 Å². The monoisotopic (exact) mass is 317 g/mol. The molecule has 7 nitrogen and oxygen atoms in total. The van der Waals surface area contributed by atoms with Crippen LogP contribution in [0.2, 0.25) is 0 Å². The van der Waals surface area contributed by atoms with Gasteiger partial charge in [0.05, 0.1) is 16.9 Å². The third-order valence-corrected chi connectivity index (χ3v) is 4.33. The van der Waals surface area contributed by atoms with Crippen molar-refractivity contribution in [2.45, 2.75) is 18.8 Å². The van der Waals surface area contributed by atoms with Gasteiger partial charge < -0.3 is 16.5 Å². The number of hydrogen-bond donors (Lipinski definition) is 3. The summed E-state index contributed by atoms with van der Waals surface area (Å²) >= 11 is 0. The Morgan fingerprint density at radius 3 is 2.67 bits per heavy atom. The molecule has 118 valence electrons. The number of H-pyrrole nitrogens is 1. The van der Waals surface area contributed by atoms with Crippen molar-refractivity contribution in [3.8, 4) is 11.5 Å². The highest BCUT2D eigenvalue weighted by atomic mass is 15.1. The summed E-state index contributed by atoms with van der Waals surface area (Å²) in [5.74, 6) is 1.27. The van der Waals surface area contributed by atoms with Gasteiger partial charge in [-0.25, -0.2) is 15.0 Å². The molecule has 1 saturated carbocycles. The van der Waals surface area contributed by atoms with Gasteiger partial charge in [-0.1, -0.05) is 18.2 Å². The van der Waals surface area contributed by atoms with Crippen molar-refractivity contribution in [1.82, 2.24) is 24.9 Å². The van der Waals surface area contributed by atoms with Gasteiger partial charge in [0, 0.05) is 11.3 Å². The second-order valence-electron chi connectivity index (χ2n) is 6.15. The number of benzene rings is 1. The number of nitrogens with two attached hydrogens (primary N) is 2. The van der Waals surface area contributed by atoms with Gasteiger partial charge in [-0.2, -0.15) is 4.98 Å². The van der Waals surface area contributed by atoms with Crippen LogP contribution in [-0.2, 0) is 0 Å².